The largest absolute Gasteiger partial charge is 0.508 e. The van der Waals surface area contributed by atoms with Gasteiger partial charge in [-0.1, -0.05) is 72.6 Å². The van der Waals surface area contributed by atoms with Crippen LogP contribution in [0.2, 0.25) is 0 Å². The van der Waals surface area contributed by atoms with Crippen LogP contribution in [0.25, 0.3) is 11.1 Å². The summed E-state index contributed by atoms with van der Waals surface area (Å²) in [6.07, 6.45) is 13.6. The number of aromatic amines is 1. The highest BCUT2D eigenvalue weighted by atomic mass is 16.5. The predicted molar refractivity (Wildman–Crippen MR) is 180 cm³/mol. The van der Waals surface area contributed by atoms with E-state index in [1.165, 1.54) is 18.4 Å². The third-order valence-corrected chi connectivity index (χ3v) is 7.29. The van der Waals surface area contributed by atoms with Crippen LogP contribution < -0.4 is 11.5 Å². The number of aromatic hydroxyl groups is 1. The maximum Gasteiger partial charge on any atom is 0.439 e. The molecule has 1 aliphatic carbocycles. The number of nitrogens with zero attached hydrogens (tertiary/aromatic N) is 2. The second-order valence-electron chi connectivity index (χ2n) is 11.0. The zero-order valence-electron chi connectivity index (χ0n) is 26.8. The molecule has 1 atom stereocenters. The van der Waals surface area contributed by atoms with Gasteiger partial charge in [-0.05, 0) is 88.1 Å². The minimum Gasteiger partial charge on any atom is -0.508 e. The maximum atomic E-state index is 12.3. The molecule has 1 saturated heterocycles. The number of H-pyrrole nitrogens is 1. The van der Waals surface area contributed by atoms with Gasteiger partial charge in [0.2, 0.25) is 0 Å². The van der Waals surface area contributed by atoms with Crippen molar-refractivity contribution in [2.75, 3.05) is 6.61 Å². The average Bonchev–Trinajstić information content (AvgIpc) is 3.48. The summed E-state index contributed by atoms with van der Waals surface area (Å²) in [4.78, 5) is 30.7. The SMILES string of the molecule is CC=N/C(CCC)=C(/Cc1ccc(C2=CCCC=C2c2noc(=O)[nH]2)cc1)C(C)=O.Cc1ccc(O)cc1.NC1CCCCO1. The lowest BCUT2D eigenvalue weighted by Crippen LogP contribution is -2.27. The summed E-state index contributed by atoms with van der Waals surface area (Å²) < 4.78 is 9.73. The Morgan fingerprint density at radius 1 is 1.09 bits per heavy atom. The van der Waals surface area contributed by atoms with Crippen LogP contribution in [0.15, 0.2) is 86.3 Å². The lowest BCUT2D eigenvalue weighted by molar-refractivity contribution is -0.113. The fourth-order valence-electron chi connectivity index (χ4n) is 4.95. The van der Waals surface area contributed by atoms with Crippen molar-refractivity contribution in [2.45, 2.75) is 85.3 Å². The quantitative estimate of drug-likeness (QED) is 0.182. The number of allylic oxidation sites excluding steroid dienone is 6. The number of ether oxygens (including phenoxy) is 1. The highest BCUT2D eigenvalue weighted by Crippen LogP contribution is 2.33. The van der Waals surface area contributed by atoms with Gasteiger partial charge in [0, 0.05) is 36.1 Å². The Kier molecular flexibility index (Phi) is 14.4. The number of carbonyl (C=O) groups is 1. The highest BCUT2D eigenvalue weighted by Gasteiger charge is 2.18. The van der Waals surface area contributed by atoms with Gasteiger partial charge in [-0.2, -0.15) is 0 Å². The van der Waals surface area contributed by atoms with E-state index in [0.717, 1.165) is 72.3 Å². The molecule has 5 rings (SSSR count). The number of hydrogen-bond donors (Lipinski definition) is 3. The summed E-state index contributed by atoms with van der Waals surface area (Å²) in [5.41, 5.74) is 12.2. The predicted octanol–water partition coefficient (Wildman–Crippen LogP) is 7.07. The molecule has 9 nitrogen and oxygen atoms in total. The maximum absolute atomic E-state index is 12.3. The van der Waals surface area contributed by atoms with Gasteiger partial charge in [0.1, 0.15) is 12.0 Å². The van der Waals surface area contributed by atoms with Crippen LogP contribution in [0.5, 0.6) is 5.75 Å². The first-order valence-electron chi connectivity index (χ1n) is 15.6. The molecule has 9 heteroatoms. The van der Waals surface area contributed by atoms with Crippen molar-refractivity contribution in [3.63, 3.8) is 0 Å². The molecule has 2 heterocycles. The van der Waals surface area contributed by atoms with Crippen molar-refractivity contribution < 1.29 is 19.2 Å². The second kappa shape index (κ2) is 18.5. The number of phenols is 1. The van der Waals surface area contributed by atoms with Crippen molar-refractivity contribution in [1.29, 1.82) is 0 Å². The molecule has 0 amide bonds. The number of phenolic OH excluding ortho intramolecular Hbond substituents is 1. The van der Waals surface area contributed by atoms with E-state index in [2.05, 4.69) is 38.7 Å². The van der Waals surface area contributed by atoms with Gasteiger partial charge >= 0.3 is 5.76 Å². The third-order valence-electron chi connectivity index (χ3n) is 7.29. The lowest BCUT2D eigenvalue weighted by atomic mass is 9.90. The molecule has 1 unspecified atom stereocenters. The van der Waals surface area contributed by atoms with Crippen LogP contribution in [0, 0.1) is 6.92 Å². The van der Waals surface area contributed by atoms with Gasteiger partial charge in [-0.25, -0.2) is 4.79 Å². The van der Waals surface area contributed by atoms with Gasteiger partial charge in [0.15, 0.2) is 11.6 Å². The van der Waals surface area contributed by atoms with Gasteiger partial charge in [-0.3, -0.25) is 19.3 Å². The van der Waals surface area contributed by atoms with Crippen LogP contribution in [-0.4, -0.2) is 40.1 Å². The van der Waals surface area contributed by atoms with Gasteiger partial charge < -0.3 is 15.6 Å². The molecule has 1 aliphatic heterocycles. The van der Waals surface area contributed by atoms with E-state index in [4.69, 9.17) is 15.6 Å². The van der Waals surface area contributed by atoms with E-state index in [1.54, 1.807) is 25.3 Å². The Labute approximate surface area is 265 Å². The normalized spacial score (nSPS) is 16.8. The fourth-order valence-corrected chi connectivity index (χ4v) is 4.95. The molecule has 1 fully saturated rings. The van der Waals surface area contributed by atoms with Crippen LogP contribution in [0.3, 0.4) is 0 Å². The topological polar surface area (TPSA) is 144 Å². The highest BCUT2D eigenvalue weighted by molar-refractivity contribution is 6.04. The van der Waals surface area contributed by atoms with Crippen molar-refractivity contribution in [1.82, 2.24) is 10.1 Å². The number of hydrogen-bond acceptors (Lipinski definition) is 8. The van der Waals surface area contributed by atoms with E-state index in [1.807, 2.05) is 50.2 Å². The molecule has 0 radical (unpaired) electrons. The molecule has 45 heavy (non-hydrogen) atoms. The Balaban J connectivity index is 0.000000298. The first-order chi connectivity index (χ1) is 21.7. The number of rotatable bonds is 8. The summed E-state index contributed by atoms with van der Waals surface area (Å²) in [7, 11) is 0. The summed E-state index contributed by atoms with van der Waals surface area (Å²) >= 11 is 0. The number of carbonyl (C=O) groups excluding carboxylic acids is 1. The van der Waals surface area contributed by atoms with Gasteiger partial charge in [0.05, 0.1) is 0 Å². The zero-order valence-corrected chi connectivity index (χ0v) is 26.8. The van der Waals surface area contributed by atoms with E-state index in [9.17, 15) is 9.59 Å². The minimum absolute atomic E-state index is 0.0359. The molecule has 2 aromatic carbocycles. The number of aliphatic imine (C=N–C) groups is 1. The summed E-state index contributed by atoms with van der Waals surface area (Å²) in [5.74, 6) is 0.268. The van der Waals surface area contributed by atoms with Gasteiger partial charge in [0.25, 0.3) is 0 Å². The molecular weight excluding hydrogens is 568 g/mol. The molecular formula is C36H46N4O5. The molecule has 0 bridgehead atoms. The van der Waals surface area contributed by atoms with E-state index >= 15 is 0 Å². The molecule has 2 aliphatic rings. The molecule has 1 aromatic heterocycles. The Morgan fingerprint density at radius 2 is 1.78 bits per heavy atom. The van der Waals surface area contributed by atoms with Crippen molar-refractivity contribution in [3.8, 4) is 5.75 Å². The van der Waals surface area contributed by atoms with E-state index < -0.39 is 5.76 Å². The summed E-state index contributed by atoms with van der Waals surface area (Å²) in [6.45, 7) is 8.41. The molecule has 4 N–H and O–H groups in total. The first kappa shape index (κ1) is 35.1. The van der Waals surface area contributed by atoms with Crippen molar-refractivity contribution >= 4 is 23.1 Å². The minimum atomic E-state index is -0.563. The van der Waals surface area contributed by atoms with Gasteiger partial charge in [-0.15, -0.1) is 0 Å². The van der Waals surface area contributed by atoms with Crippen molar-refractivity contribution in [2.24, 2.45) is 10.7 Å². The van der Waals surface area contributed by atoms with E-state index in [-0.39, 0.29) is 12.0 Å². The second-order valence-corrected chi connectivity index (χ2v) is 11.0. The van der Waals surface area contributed by atoms with E-state index in [0.29, 0.717) is 18.0 Å². The van der Waals surface area contributed by atoms with Crippen LogP contribution in [0.4, 0.5) is 0 Å². The molecule has 0 spiro atoms. The molecule has 0 saturated carbocycles. The number of aromatic nitrogens is 2. The third kappa shape index (κ3) is 11.6. The Hall–Kier alpha value is -4.34. The fraction of sp³-hybridized carbons (Fsp3) is 0.389. The number of nitrogens with two attached hydrogens (primary N) is 1. The number of Topliss-reactive ketones (excluding diaryl/α,β-unsaturated/α-hetero) is 1. The molecule has 240 valence electrons. The Morgan fingerprint density at radius 3 is 2.27 bits per heavy atom. The van der Waals surface area contributed by atoms with Crippen LogP contribution >= 0.6 is 0 Å². The Bertz CT molecular complexity index is 1520. The number of benzene rings is 2. The average molecular weight is 615 g/mol. The lowest BCUT2D eigenvalue weighted by Gasteiger charge is -2.17. The summed E-state index contributed by atoms with van der Waals surface area (Å²) in [5, 5.41) is 12.6. The number of aryl methyl sites for hydroxylation is 1. The standard InChI is InChI=1S/C24H27N3O3.C7H8O.C5H11NO/c1-4-8-22(25-5-2)21(16(3)28)15-17-11-13-18(14-12-17)19-9-6-7-10-20(19)23-26-24(29)30-27-23;1-6-2-4-7(8)5-3-6;6-5-3-1-2-4-7-5/h5,9-14H,4,6-8,15H2,1-3H3,(H,26,27,29);2-5,8H,1H3;5H,1-4,6H2/b22-21-,25-5?;;. The zero-order chi connectivity index (χ0) is 32.6. The number of nitrogens with one attached hydrogen (secondary N) is 1. The summed E-state index contributed by atoms with van der Waals surface area (Å²) in [6, 6.07) is 15.2. The van der Waals surface area contributed by atoms with Crippen molar-refractivity contribution in [3.05, 3.63) is 105 Å². The smallest absolute Gasteiger partial charge is 0.439 e. The first-order valence-corrected chi connectivity index (χ1v) is 15.6. The monoisotopic (exact) mass is 614 g/mol. The number of ketones is 1. The van der Waals surface area contributed by atoms with Crippen LogP contribution in [-0.2, 0) is 16.0 Å². The van der Waals surface area contributed by atoms with Crippen LogP contribution in [0.1, 0.15) is 88.2 Å². The molecule has 3 aromatic rings.